The summed E-state index contributed by atoms with van der Waals surface area (Å²) in [7, 11) is 1.70. The first-order chi connectivity index (χ1) is 15.0. The number of benzene rings is 2. The summed E-state index contributed by atoms with van der Waals surface area (Å²) in [6, 6.07) is 15.5. The van der Waals surface area contributed by atoms with Crippen molar-refractivity contribution in [3.05, 3.63) is 59.2 Å². The first kappa shape index (κ1) is 23.6. The minimum absolute atomic E-state index is 0.202. The topological polar surface area (TPSA) is 44.3 Å². The van der Waals surface area contributed by atoms with Crippen LogP contribution in [0.2, 0.25) is 0 Å². The molecule has 1 aliphatic rings. The molecule has 1 fully saturated rings. The third kappa shape index (κ3) is 6.02. The number of rotatable bonds is 10. The van der Waals surface area contributed by atoms with Crippen molar-refractivity contribution in [3.63, 3.8) is 0 Å². The molecule has 0 saturated carbocycles. The molecule has 1 heterocycles. The van der Waals surface area contributed by atoms with Gasteiger partial charge in [0.05, 0.1) is 26.4 Å². The second-order valence-corrected chi connectivity index (χ2v) is 9.20. The van der Waals surface area contributed by atoms with Crippen LogP contribution in [0.15, 0.2) is 42.5 Å². The Hall–Kier alpha value is -2.04. The molecule has 0 bridgehead atoms. The van der Waals surface area contributed by atoms with Crippen LogP contribution in [0.5, 0.6) is 11.5 Å². The molecule has 0 amide bonds. The van der Waals surface area contributed by atoms with Crippen molar-refractivity contribution in [2.24, 2.45) is 5.92 Å². The number of aryl methyl sites for hydroxylation is 1. The highest BCUT2D eigenvalue weighted by atomic mass is 16.5. The summed E-state index contributed by atoms with van der Waals surface area (Å²) < 4.78 is 17.3. The van der Waals surface area contributed by atoms with Gasteiger partial charge in [0.25, 0.3) is 0 Å². The summed E-state index contributed by atoms with van der Waals surface area (Å²) in [4.78, 5) is 0. The molecular weight excluding hydrogens is 386 g/mol. The fraction of sp³-hybridized carbons (Fsp3) is 0.556. The Labute approximate surface area is 188 Å². The van der Waals surface area contributed by atoms with Gasteiger partial charge in [0, 0.05) is 24.0 Å². The Morgan fingerprint density at radius 3 is 2.58 bits per heavy atom. The third-order valence-corrected chi connectivity index (χ3v) is 6.65. The lowest BCUT2D eigenvalue weighted by atomic mass is 9.68. The lowest BCUT2D eigenvalue weighted by molar-refractivity contribution is -0.672. The van der Waals surface area contributed by atoms with Crippen molar-refractivity contribution in [2.75, 3.05) is 26.9 Å². The van der Waals surface area contributed by atoms with Crippen LogP contribution in [0.4, 0.5) is 0 Å². The predicted octanol–water partition coefficient (Wildman–Crippen LogP) is 4.63. The van der Waals surface area contributed by atoms with Gasteiger partial charge in [-0.1, -0.05) is 43.7 Å². The molecule has 1 aliphatic heterocycles. The van der Waals surface area contributed by atoms with E-state index >= 15 is 0 Å². The highest BCUT2D eigenvalue weighted by Gasteiger charge is 2.39. The van der Waals surface area contributed by atoms with Gasteiger partial charge in [0.1, 0.15) is 6.54 Å². The van der Waals surface area contributed by atoms with Gasteiger partial charge in [-0.3, -0.25) is 0 Å². The fourth-order valence-corrected chi connectivity index (χ4v) is 4.68. The molecule has 0 radical (unpaired) electrons. The summed E-state index contributed by atoms with van der Waals surface area (Å²) >= 11 is 0. The second-order valence-electron chi connectivity index (χ2n) is 9.20. The van der Waals surface area contributed by atoms with Gasteiger partial charge >= 0.3 is 0 Å². The third-order valence-electron chi connectivity index (χ3n) is 6.65. The molecule has 4 heteroatoms. The normalized spacial score (nSPS) is 21.3. The quantitative estimate of drug-likeness (QED) is 0.564. The van der Waals surface area contributed by atoms with E-state index in [9.17, 15) is 0 Å². The number of methoxy groups -OCH3 is 1. The maximum atomic E-state index is 6.14. The molecule has 2 N–H and O–H groups in total. The van der Waals surface area contributed by atoms with Crippen molar-refractivity contribution >= 4 is 0 Å². The predicted molar refractivity (Wildman–Crippen MR) is 126 cm³/mol. The van der Waals surface area contributed by atoms with Gasteiger partial charge in [-0.25, -0.2) is 0 Å². The van der Waals surface area contributed by atoms with E-state index in [0.29, 0.717) is 18.6 Å². The lowest BCUT2D eigenvalue weighted by Gasteiger charge is -2.42. The zero-order chi connectivity index (χ0) is 22.3. The van der Waals surface area contributed by atoms with Crippen molar-refractivity contribution in [3.8, 4) is 11.5 Å². The van der Waals surface area contributed by atoms with E-state index in [-0.39, 0.29) is 5.41 Å². The largest absolute Gasteiger partial charge is 0.493 e. The van der Waals surface area contributed by atoms with E-state index in [1.165, 1.54) is 16.7 Å². The van der Waals surface area contributed by atoms with E-state index in [1.54, 1.807) is 7.11 Å². The van der Waals surface area contributed by atoms with Crippen molar-refractivity contribution < 1.29 is 19.5 Å². The van der Waals surface area contributed by atoms with Crippen LogP contribution in [0.3, 0.4) is 0 Å². The molecule has 4 nitrogen and oxygen atoms in total. The van der Waals surface area contributed by atoms with Gasteiger partial charge in [-0.15, -0.1) is 0 Å². The van der Waals surface area contributed by atoms with Crippen LogP contribution in [-0.2, 0) is 16.7 Å². The van der Waals surface area contributed by atoms with Gasteiger partial charge in [0.2, 0.25) is 0 Å². The Bertz CT molecular complexity index is 818. The van der Waals surface area contributed by atoms with Gasteiger partial charge in [-0.05, 0) is 56.4 Å². The molecule has 2 atom stereocenters. The number of hydrogen-bond donors (Lipinski definition) is 1. The highest BCUT2D eigenvalue weighted by molar-refractivity contribution is 5.42. The number of nitrogens with two attached hydrogens (primary N) is 1. The molecule has 2 aromatic carbocycles. The first-order valence-corrected chi connectivity index (χ1v) is 11.8. The van der Waals surface area contributed by atoms with Crippen LogP contribution in [0.1, 0.15) is 56.7 Å². The molecule has 0 aliphatic carbocycles. The summed E-state index contributed by atoms with van der Waals surface area (Å²) in [5.41, 5.74) is 4.26. The number of ether oxygens (including phenoxy) is 3. The average molecular weight is 427 g/mol. The molecule has 170 valence electrons. The summed E-state index contributed by atoms with van der Waals surface area (Å²) in [5.74, 6) is 2.17. The van der Waals surface area contributed by atoms with Gasteiger partial charge in [-0.2, -0.15) is 0 Å². The Balaban J connectivity index is 1.66. The molecule has 0 aromatic heterocycles. The molecule has 1 saturated heterocycles. The van der Waals surface area contributed by atoms with E-state index in [2.05, 4.69) is 62.5 Å². The van der Waals surface area contributed by atoms with Crippen LogP contribution in [0, 0.1) is 12.8 Å². The smallest absolute Gasteiger partial charge is 0.161 e. The minimum Gasteiger partial charge on any atom is -0.493 e. The van der Waals surface area contributed by atoms with Crippen LogP contribution in [0.25, 0.3) is 0 Å². The van der Waals surface area contributed by atoms with Gasteiger partial charge < -0.3 is 19.5 Å². The molecule has 0 unspecified atom stereocenters. The van der Waals surface area contributed by atoms with Crippen LogP contribution >= 0.6 is 0 Å². The maximum absolute atomic E-state index is 6.14. The van der Waals surface area contributed by atoms with E-state index < -0.39 is 0 Å². The minimum atomic E-state index is 0.202. The Morgan fingerprint density at radius 2 is 1.90 bits per heavy atom. The maximum Gasteiger partial charge on any atom is 0.161 e. The second kappa shape index (κ2) is 11.0. The number of quaternary nitrogens is 1. The summed E-state index contributed by atoms with van der Waals surface area (Å²) in [6.45, 7) is 12.2. The average Bonchev–Trinajstić information content (AvgIpc) is 2.78. The highest BCUT2D eigenvalue weighted by Crippen LogP contribution is 2.41. The monoisotopic (exact) mass is 426 g/mol. The summed E-state index contributed by atoms with van der Waals surface area (Å²) in [6.07, 6.45) is 3.71. The van der Waals surface area contributed by atoms with Crippen molar-refractivity contribution in [2.45, 2.75) is 65.0 Å². The standard InChI is InChI=1S/C27H39NO3/c1-6-30-24-12-9-22(17-25(24)29-5)19-28-15-13-27(23-10-7-21(4)8-11-23)14-16-31-26(18-27)20(2)3/h7-12,17,20,26,28H,6,13-16,18-19H2,1-5H3/p+1/t26-,27+/m0/s1. The zero-order valence-corrected chi connectivity index (χ0v) is 19.9. The molecule has 3 rings (SSSR count). The zero-order valence-electron chi connectivity index (χ0n) is 19.9. The summed E-state index contributed by atoms with van der Waals surface area (Å²) in [5, 5.41) is 2.42. The molecule has 2 aromatic rings. The Kier molecular flexibility index (Phi) is 8.39. The van der Waals surface area contributed by atoms with Crippen LogP contribution < -0.4 is 14.8 Å². The van der Waals surface area contributed by atoms with E-state index in [4.69, 9.17) is 14.2 Å². The van der Waals surface area contributed by atoms with Crippen molar-refractivity contribution in [1.29, 1.82) is 0 Å². The molecule has 31 heavy (non-hydrogen) atoms. The van der Waals surface area contributed by atoms with Crippen molar-refractivity contribution in [1.82, 2.24) is 0 Å². The SMILES string of the molecule is CCOc1ccc(C[NH2+]CC[C@@]2(c3ccc(C)cc3)CCO[C@H](C(C)C)C2)cc1OC. The van der Waals surface area contributed by atoms with E-state index in [0.717, 1.165) is 50.5 Å². The van der Waals surface area contributed by atoms with Gasteiger partial charge in [0.15, 0.2) is 11.5 Å². The molecule has 0 spiro atoms. The lowest BCUT2D eigenvalue weighted by Crippen LogP contribution is -2.83. The number of hydrogen-bond acceptors (Lipinski definition) is 3. The Morgan fingerprint density at radius 1 is 1.13 bits per heavy atom. The van der Waals surface area contributed by atoms with E-state index in [1.807, 2.05) is 13.0 Å². The van der Waals surface area contributed by atoms with Crippen LogP contribution in [-0.4, -0.2) is 33.0 Å². The first-order valence-electron chi connectivity index (χ1n) is 11.8. The molecular formula is C27H40NO3+. The fourth-order valence-electron chi connectivity index (χ4n) is 4.68.